The van der Waals surface area contributed by atoms with Gasteiger partial charge in [-0.2, -0.15) is 0 Å². The van der Waals surface area contributed by atoms with Gasteiger partial charge in [-0.1, -0.05) is 54.6 Å². The number of benzene rings is 3. The van der Waals surface area contributed by atoms with Crippen molar-refractivity contribution in [2.45, 2.75) is 12.6 Å². The second-order valence-electron chi connectivity index (χ2n) is 5.66. The lowest BCUT2D eigenvalue weighted by atomic mass is 10.1. The highest BCUT2D eigenvalue weighted by Crippen LogP contribution is 2.25. The lowest BCUT2D eigenvalue weighted by Crippen LogP contribution is -2.31. The highest BCUT2D eigenvalue weighted by Gasteiger charge is 2.08. The maximum Gasteiger partial charge on any atom is 0.127 e. The van der Waals surface area contributed by atoms with Gasteiger partial charge in [0.05, 0.1) is 0 Å². The zero-order valence-electron chi connectivity index (χ0n) is 13.3. The molecule has 3 nitrogen and oxygen atoms in total. The van der Waals surface area contributed by atoms with Gasteiger partial charge in [0.2, 0.25) is 0 Å². The number of fused-ring (bicyclic) bond motifs is 1. The largest absolute Gasteiger partial charge is 0.490 e. The third kappa shape index (κ3) is 4.10. The molecule has 3 aromatic rings. The summed E-state index contributed by atoms with van der Waals surface area (Å²) in [6, 6.07) is 20.4. The number of rotatable bonds is 7. The standard InChI is InChI=1S/C20H20FNO2/c21-19-10-4-2-7-16(19)12-22-13-17(23)14-24-20-11-5-8-15-6-1-3-9-18(15)20/h1-11,17,22-23H,12-14H2/t17-/m1/s1. The predicted octanol–water partition coefficient (Wildman–Crippen LogP) is 3.51. The van der Waals surface area contributed by atoms with Gasteiger partial charge in [-0.3, -0.25) is 0 Å². The van der Waals surface area contributed by atoms with Crippen LogP contribution < -0.4 is 10.1 Å². The molecule has 0 amide bonds. The van der Waals surface area contributed by atoms with Crippen LogP contribution in [0.3, 0.4) is 0 Å². The van der Waals surface area contributed by atoms with Gasteiger partial charge in [0.1, 0.15) is 24.3 Å². The molecule has 0 aliphatic rings. The van der Waals surface area contributed by atoms with Crippen molar-refractivity contribution in [2.24, 2.45) is 0 Å². The molecular weight excluding hydrogens is 305 g/mol. The fourth-order valence-electron chi connectivity index (χ4n) is 2.58. The summed E-state index contributed by atoms with van der Waals surface area (Å²) in [6.07, 6.45) is -0.671. The predicted molar refractivity (Wildman–Crippen MR) is 93.6 cm³/mol. The molecule has 124 valence electrons. The minimum atomic E-state index is -0.671. The van der Waals surface area contributed by atoms with Crippen LogP contribution in [0.5, 0.6) is 5.75 Å². The Hall–Kier alpha value is -2.43. The van der Waals surface area contributed by atoms with Gasteiger partial charge in [0, 0.05) is 24.0 Å². The first kappa shape index (κ1) is 16.4. The Morgan fingerprint density at radius 3 is 2.58 bits per heavy atom. The number of nitrogens with one attached hydrogen (secondary N) is 1. The minimum absolute atomic E-state index is 0.179. The zero-order valence-corrected chi connectivity index (χ0v) is 13.3. The average Bonchev–Trinajstić information content (AvgIpc) is 2.61. The smallest absolute Gasteiger partial charge is 0.127 e. The Labute approximate surface area is 140 Å². The molecule has 0 aliphatic heterocycles. The second kappa shape index (κ2) is 7.90. The van der Waals surface area contributed by atoms with Crippen molar-refractivity contribution in [3.05, 3.63) is 78.1 Å². The Morgan fingerprint density at radius 2 is 1.71 bits per heavy atom. The fourth-order valence-corrected chi connectivity index (χ4v) is 2.58. The Bertz CT molecular complexity index is 801. The van der Waals surface area contributed by atoms with Crippen LogP contribution >= 0.6 is 0 Å². The van der Waals surface area contributed by atoms with Crippen LogP contribution in [0.15, 0.2) is 66.7 Å². The van der Waals surface area contributed by atoms with Crippen molar-refractivity contribution >= 4 is 10.8 Å². The molecule has 0 saturated carbocycles. The van der Waals surface area contributed by atoms with Crippen LogP contribution in [0.25, 0.3) is 10.8 Å². The topological polar surface area (TPSA) is 41.5 Å². The van der Waals surface area contributed by atoms with Crippen molar-refractivity contribution in [1.29, 1.82) is 0 Å². The van der Waals surface area contributed by atoms with Gasteiger partial charge in [0.25, 0.3) is 0 Å². The van der Waals surface area contributed by atoms with Crippen molar-refractivity contribution in [1.82, 2.24) is 5.32 Å². The molecule has 0 fully saturated rings. The van der Waals surface area contributed by atoms with Crippen LogP contribution in [0.2, 0.25) is 0 Å². The SMILES string of the molecule is O[C@H](CNCc1ccccc1F)COc1cccc2ccccc12. The fraction of sp³-hybridized carbons (Fsp3) is 0.200. The molecule has 0 radical (unpaired) electrons. The first-order chi connectivity index (χ1) is 11.7. The molecule has 1 atom stereocenters. The van der Waals surface area contributed by atoms with Crippen molar-refractivity contribution < 1.29 is 14.2 Å². The summed E-state index contributed by atoms with van der Waals surface area (Å²) in [5, 5.41) is 15.2. The molecule has 0 spiro atoms. The summed E-state index contributed by atoms with van der Waals surface area (Å²) in [6.45, 7) is 0.884. The minimum Gasteiger partial charge on any atom is -0.490 e. The van der Waals surface area contributed by atoms with E-state index in [2.05, 4.69) is 5.32 Å². The van der Waals surface area contributed by atoms with Crippen molar-refractivity contribution in [3.8, 4) is 5.75 Å². The molecular formula is C20H20FNO2. The Morgan fingerprint density at radius 1 is 0.958 bits per heavy atom. The molecule has 4 heteroatoms. The average molecular weight is 325 g/mol. The van der Waals surface area contributed by atoms with Crippen LogP contribution in [-0.2, 0) is 6.54 Å². The molecule has 3 rings (SSSR count). The number of halogens is 1. The number of hydrogen-bond acceptors (Lipinski definition) is 3. The molecule has 0 saturated heterocycles. The Kier molecular flexibility index (Phi) is 5.41. The summed E-state index contributed by atoms with van der Waals surface area (Å²) in [7, 11) is 0. The summed E-state index contributed by atoms with van der Waals surface area (Å²) in [5.74, 6) is 0.507. The van der Waals surface area contributed by atoms with E-state index in [1.807, 2.05) is 42.5 Å². The van der Waals surface area contributed by atoms with Gasteiger partial charge in [0.15, 0.2) is 0 Å². The van der Waals surface area contributed by atoms with Crippen LogP contribution in [0, 0.1) is 5.82 Å². The lowest BCUT2D eigenvalue weighted by molar-refractivity contribution is 0.107. The molecule has 2 N–H and O–H groups in total. The molecule has 0 aliphatic carbocycles. The van der Waals surface area contributed by atoms with Gasteiger partial charge in [-0.15, -0.1) is 0 Å². The summed E-state index contributed by atoms with van der Waals surface area (Å²) in [5.41, 5.74) is 0.583. The highest BCUT2D eigenvalue weighted by atomic mass is 19.1. The third-order valence-corrected chi connectivity index (χ3v) is 3.83. The zero-order chi connectivity index (χ0) is 16.8. The van der Waals surface area contributed by atoms with E-state index in [0.29, 0.717) is 18.7 Å². The van der Waals surface area contributed by atoms with Gasteiger partial charge < -0.3 is 15.2 Å². The van der Waals surface area contributed by atoms with Crippen LogP contribution in [0.4, 0.5) is 4.39 Å². The van der Waals surface area contributed by atoms with E-state index in [1.54, 1.807) is 18.2 Å². The van der Waals surface area contributed by atoms with E-state index < -0.39 is 6.10 Å². The lowest BCUT2D eigenvalue weighted by Gasteiger charge is -2.15. The van der Waals surface area contributed by atoms with E-state index in [4.69, 9.17) is 4.74 Å². The monoisotopic (exact) mass is 325 g/mol. The van der Waals surface area contributed by atoms with E-state index in [0.717, 1.165) is 16.5 Å². The maximum absolute atomic E-state index is 13.5. The van der Waals surface area contributed by atoms with E-state index in [9.17, 15) is 9.50 Å². The summed E-state index contributed by atoms with van der Waals surface area (Å²) >= 11 is 0. The van der Waals surface area contributed by atoms with Crippen LogP contribution in [0.1, 0.15) is 5.56 Å². The maximum atomic E-state index is 13.5. The van der Waals surface area contributed by atoms with E-state index in [1.165, 1.54) is 6.07 Å². The normalized spacial score (nSPS) is 12.2. The second-order valence-corrected chi connectivity index (χ2v) is 5.66. The van der Waals surface area contributed by atoms with Gasteiger partial charge in [-0.25, -0.2) is 4.39 Å². The Balaban J connectivity index is 1.50. The molecule has 0 aromatic heterocycles. The van der Waals surface area contributed by atoms with Gasteiger partial charge >= 0.3 is 0 Å². The molecule has 24 heavy (non-hydrogen) atoms. The number of aliphatic hydroxyl groups is 1. The summed E-state index contributed by atoms with van der Waals surface area (Å²) < 4.78 is 19.2. The van der Waals surface area contributed by atoms with Crippen LogP contribution in [-0.4, -0.2) is 24.4 Å². The summed E-state index contributed by atoms with van der Waals surface area (Å²) in [4.78, 5) is 0. The molecule has 3 aromatic carbocycles. The molecule has 0 heterocycles. The van der Waals surface area contributed by atoms with Crippen molar-refractivity contribution in [3.63, 3.8) is 0 Å². The van der Waals surface area contributed by atoms with Crippen molar-refractivity contribution in [2.75, 3.05) is 13.2 Å². The first-order valence-corrected chi connectivity index (χ1v) is 7.97. The number of aliphatic hydroxyl groups excluding tert-OH is 1. The first-order valence-electron chi connectivity index (χ1n) is 7.97. The third-order valence-electron chi connectivity index (χ3n) is 3.83. The van der Waals surface area contributed by atoms with E-state index >= 15 is 0 Å². The molecule has 0 unspecified atom stereocenters. The quantitative estimate of drug-likeness (QED) is 0.698. The van der Waals surface area contributed by atoms with Gasteiger partial charge in [-0.05, 0) is 17.5 Å². The number of hydrogen-bond donors (Lipinski definition) is 2. The molecule has 0 bridgehead atoms. The number of ether oxygens (including phenoxy) is 1. The highest BCUT2D eigenvalue weighted by molar-refractivity contribution is 5.88. The van der Waals surface area contributed by atoms with E-state index in [-0.39, 0.29) is 12.4 Å².